The molecule has 0 unspecified atom stereocenters. The smallest absolute Gasteiger partial charge is 0.257 e. The number of hydrogen-bond donors (Lipinski definition) is 0. The summed E-state index contributed by atoms with van der Waals surface area (Å²) in [7, 11) is 3.45. The fourth-order valence-corrected chi connectivity index (χ4v) is 4.03. The molecule has 1 aromatic carbocycles. The van der Waals surface area contributed by atoms with Gasteiger partial charge in [0.1, 0.15) is 0 Å². The minimum absolute atomic E-state index is 0.163. The van der Waals surface area contributed by atoms with Crippen molar-refractivity contribution >= 4 is 17.4 Å². The number of methoxy groups -OCH3 is 1. The maximum Gasteiger partial charge on any atom is 0.257 e. The van der Waals surface area contributed by atoms with Crippen molar-refractivity contribution in [1.29, 1.82) is 0 Å². The SMILES string of the molecule is COc1nccnc1N1CCC[C@@]2(C1)C(=O)N(C)c1ccccc12. The maximum absolute atomic E-state index is 13.1. The van der Waals surface area contributed by atoms with Crippen molar-refractivity contribution in [2.75, 3.05) is 37.0 Å². The van der Waals surface area contributed by atoms with Crippen LogP contribution in [0.1, 0.15) is 18.4 Å². The molecule has 1 amide bonds. The second-order valence-corrected chi connectivity index (χ2v) is 6.38. The second-order valence-electron chi connectivity index (χ2n) is 6.38. The first-order valence-electron chi connectivity index (χ1n) is 8.15. The zero-order chi connectivity index (χ0) is 16.7. The third kappa shape index (κ3) is 1.99. The highest BCUT2D eigenvalue weighted by molar-refractivity contribution is 6.08. The van der Waals surface area contributed by atoms with Crippen LogP contribution in [-0.4, -0.2) is 43.1 Å². The Balaban J connectivity index is 1.77. The Bertz CT molecular complexity index is 794. The van der Waals surface area contributed by atoms with E-state index in [1.807, 2.05) is 25.2 Å². The molecule has 0 saturated carbocycles. The van der Waals surface area contributed by atoms with E-state index < -0.39 is 5.41 Å². The summed E-state index contributed by atoms with van der Waals surface area (Å²) in [4.78, 5) is 25.7. The lowest BCUT2D eigenvalue weighted by Crippen LogP contribution is -2.51. The molecule has 0 N–H and O–H groups in total. The van der Waals surface area contributed by atoms with Gasteiger partial charge in [0, 0.05) is 38.2 Å². The largest absolute Gasteiger partial charge is 0.478 e. The van der Waals surface area contributed by atoms with Crippen LogP contribution in [0.2, 0.25) is 0 Å². The Morgan fingerprint density at radius 1 is 1.21 bits per heavy atom. The average Bonchev–Trinajstić information content (AvgIpc) is 2.84. The Kier molecular flexibility index (Phi) is 3.40. The minimum Gasteiger partial charge on any atom is -0.478 e. The highest BCUT2D eigenvalue weighted by atomic mass is 16.5. The van der Waals surface area contributed by atoms with Gasteiger partial charge in [0.05, 0.1) is 12.5 Å². The van der Waals surface area contributed by atoms with Crippen LogP contribution >= 0.6 is 0 Å². The molecule has 4 rings (SSSR count). The number of nitrogens with zero attached hydrogens (tertiary/aromatic N) is 4. The number of anilines is 2. The van der Waals surface area contributed by atoms with Crippen molar-refractivity contribution in [1.82, 2.24) is 9.97 Å². The summed E-state index contributed by atoms with van der Waals surface area (Å²) < 4.78 is 5.36. The van der Waals surface area contributed by atoms with E-state index in [0.29, 0.717) is 18.2 Å². The molecule has 2 aliphatic rings. The van der Waals surface area contributed by atoms with Gasteiger partial charge in [-0.3, -0.25) is 4.79 Å². The standard InChI is InChI=1S/C18H20N4O2/c1-21-14-7-4-3-6-13(14)18(17(21)23)8-5-11-22(12-18)15-16(24-2)20-10-9-19-15/h3-4,6-7,9-10H,5,8,11-12H2,1-2H3/t18-/m0/s1. The molecule has 0 bridgehead atoms. The van der Waals surface area contributed by atoms with Crippen LogP contribution in [-0.2, 0) is 10.2 Å². The molecule has 3 heterocycles. The zero-order valence-corrected chi connectivity index (χ0v) is 13.9. The molecule has 0 radical (unpaired) electrons. The average molecular weight is 324 g/mol. The van der Waals surface area contributed by atoms with Crippen molar-refractivity contribution in [2.45, 2.75) is 18.3 Å². The molecular formula is C18H20N4O2. The topological polar surface area (TPSA) is 58.6 Å². The van der Waals surface area contributed by atoms with Crippen molar-refractivity contribution in [3.63, 3.8) is 0 Å². The monoisotopic (exact) mass is 324 g/mol. The molecule has 1 saturated heterocycles. The van der Waals surface area contributed by atoms with E-state index in [1.165, 1.54) is 0 Å². The maximum atomic E-state index is 13.1. The van der Waals surface area contributed by atoms with Gasteiger partial charge in [-0.2, -0.15) is 0 Å². The third-order valence-corrected chi connectivity index (χ3v) is 5.13. The van der Waals surface area contributed by atoms with Crippen LogP contribution in [0, 0.1) is 0 Å². The molecule has 24 heavy (non-hydrogen) atoms. The van der Waals surface area contributed by atoms with Crippen LogP contribution in [0.4, 0.5) is 11.5 Å². The number of benzene rings is 1. The predicted octanol–water partition coefficient (Wildman–Crippen LogP) is 2.00. The first-order valence-corrected chi connectivity index (χ1v) is 8.15. The van der Waals surface area contributed by atoms with Crippen molar-refractivity contribution in [3.8, 4) is 5.88 Å². The number of piperidine rings is 1. The van der Waals surface area contributed by atoms with E-state index in [1.54, 1.807) is 24.4 Å². The lowest BCUT2D eigenvalue weighted by Gasteiger charge is -2.40. The van der Waals surface area contributed by atoms with Gasteiger partial charge in [0.15, 0.2) is 5.82 Å². The molecule has 6 nitrogen and oxygen atoms in total. The summed E-state index contributed by atoms with van der Waals surface area (Å²) in [5, 5.41) is 0. The molecule has 1 aromatic heterocycles. The van der Waals surface area contributed by atoms with Crippen molar-refractivity contribution in [2.24, 2.45) is 0 Å². The number of aromatic nitrogens is 2. The Morgan fingerprint density at radius 3 is 2.83 bits per heavy atom. The number of carbonyl (C=O) groups is 1. The predicted molar refractivity (Wildman–Crippen MR) is 91.6 cm³/mol. The molecule has 2 aromatic rings. The van der Waals surface area contributed by atoms with Gasteiger partial charge >= 0.3 is 0 Å². The van der Waals surface area contributed by atoms with Crippen LogP contribution in [0.25, 0.3) is 0 Å². The van der Waals surface area contributed by atoms with E-state index in [9.17, 15) is 4.79 Å². The number of hydrogen-bond acceptors (Lipinski definition) is 5. The van der Waals surface area contributed by atoms with E-state index in [-0.39, 0.29) is 5.91 Å². The van der Waals surface area contributed by atoms with Gasteiger partial charge in [0.2, 0.25) is 5.91 Å². The minimum atomic E-state index is -0.508. The highest BCUT2D eigenvalue weighted by Crippen LogP contribution is 2.47. The molecule has 2 aliphatic heterocycles. The van der Waals surface area contributed by atoms with Crippen LogP contribution in [0.15, 0.2) is 36.7 Å². The summed E-state index contributed by atoms with van der Waals surface area (Å²) in [6, 6.07) is 8.08. The molecular weight excluding hydrogens is 304 g/mol. The number of para-hydroxylation sites is 1. The van der Waals surface area contributed by atoms with Crippen molar-refractivity contribution < 1.29 is 9.53 Å². The number of amides is 1. The molecule has 1 fully saturated rings. The Morgan fingerprint density at radius 2 is 2.00 bits per heavy atom. The number of likely N-dealkylation sites (N-methyl/N-ethyl adjacent to an activating group) is 1. The molecule has 6 heteroatoms. The van der Waals surface area contributed by atoms with Crippen LogP contribution in [0.3, 0.4) is 0 Å². The van der Waals surface area contributed by atoms with E-state index in [2.05, 4.69) is 20.9 Å². The quantitative estimate of drug-likeness (QED) is 0.846. The molecule has 0 aliphatic carbocycles. The third-order valence-electron chi connectivity index (χ3n) is 5.13. The summed E-state index contributed by atoms with van der Waals surface area (Å²) in [6.45, 7) is 1.44. The summed E-state index contributed by atoms with van der Waals surface area (Å²) in [6.07, 6.45) is 5.06. The Labute approximate surface area is 141 Å². The van der Waals surface area contributed by atoms with Crippen LogP contribution in [0.5, 0.6) is 5.88 Å². The zero-order valence-electron chi connectivity index (χ0n) is 13.9. The highest BCUT2D eigenvalue weighted by Gasteiger charge is 2.52. The van der Waals surface area contributed by atoms with Gasteiger partial charge in [-0.15, -0.1) is 0 Å². The number of ether oxygens (including phenoxy) is 1. The summed E-state index contributed by atoms with van der Waals surface area (Å²) in [5.74, 6) is 1.37. The normalized spacial score (nSPS) is 22.8. The van der Waals surface area contributed by atoms with E-state index in [0.717, 1.165) is 30.6 Å². The van der Waals surface area contributed by atoms with E-state index in [4.69, 9.17) is 4.74 Å². The number of rotatable bonds is 2. The van der Waals surface area contributed by atoms with Crippen LogP contribution < -0.4 is 14.5 Å². The fraction of sp³-hybridized carbons (Fsp3) is 0.389. The Hall–Kier alpha value is -2.63. The summed E-state index contributed by atoms with van der Waals surface area (Å²) >= 11 is 0. The van der Waals surface area contributed by atoms with E-state index >= 15 is 0 Å². The van der Waals surface area contributed by atoms with Crippen molar-refractivity contribution in [3.05, 3.63) is 42.2 Å². The molecule has 124 valence electrons. The van der Waals surface area contributed by atoms with Gasteiger partial charge in [-0.25, -0.2) is 9.97 Å². The van der Waals surface area contributed by atoms with Gasteiger partial charge in [-0.05, 0) is 24.5 Å². The summed E-state index contributed by atoms with van der Waals surface area (Å²) in [5.41, 5.74) is 1.62. The molecule has 1 atom stereocenters. The van der Waals surface area contributed by atoms with Gasteiger partial charge in [0.25, 0.3) is 5.88 Å². The van der Waals surface area contributed by atoms with Gasteiger partial charge < -0.3 is 14.5 Å². The first-order chi connectivity index (χ1) is 11.7. The number of carbonyl (C=O) groups excluding carboxylic acids is 1. The first kappa shape index (κ1) is 14.9. The lowest BCUT2D eigenvalue weighted by molar-refractivity contribution is -0.123. The fourth-order valence-electron chi connectivity index (χ4n) is 4.03. The van der Waals surface area contributed by atoms with Gasteiger partial charge in [-0.1, -0.05) is 18.2 Å². The molecule has 1 spiro atoms. The lowest BCUT2D eigenvalue weighted by atomic mass is 9.75. The number of fused-ring (bicyclic) bond motifs is 2. The second kappa shape index (κ2) is 5.47.